The zero-order valence-corrected chi connectivity index (χ0v) is 23.1. The molecule has 8 nitrogen and oxygen atoms in total. The number of aliphatic hydroxyl groups excluding tert-OH is 1. The zero-order chi connectivity index (χ0) is 29.0. The molecule has 40 heavy (non-hydrogen) atoms. The molecule has 3 N–H and O–H groups in total. The van der Waals surface area contributed by atoms with Gasteiger partial charge in [-0.2, -0.15) is 0 Å². The molecule has 0 aliphatic carbocycles. The highest BCUT2D eigenvalue weighted by Crippen LogP contribution is 2.37. The van der Waals surface area contributed by atoms with Gasteiger partial charge < -0.3 is 25.3 Å². The molecule has 0 saturated carbocycles. The molecule has 1 amide bonds. The first-order valence-corrected chi connectivity index (χ1v) is 13.2. The molecule has 1 aromatic heterocycles. The third-order valence-corrected chi connectivity index (χ3v) is 6.81. The van der Waals surface area contributed by atoms with E-state index in [0.29, 0.717) is 16.9 Å². The molecule has 1 heterocycles. The molecule has 0 fully saturated rings. The summed E-state index contributed by atoms with van der Waals surface area (Å²) in [7, 11) is 0. The van der Waals surface area contributed by atoms with Gasteiger partial charge in [-0.1, -0.05) is 50.2 Å². The van der Waals surface area contributed by atoms with Crippen LogP contribution in [0.1, 0.15) is 56.5 Å². The summed E-state index contributed by atoms with van der Waals surface area (Å²) in [6.45, 7) is 5.82. The Morgan fingerprint density at radius 3 is 1.88 bits per heavy atom. The number of nitrogens with zero attached hydrogens (tertiary/aromatic N) is 1. The predicted molar refractivity (Wildman–Crippen MR) is 157 cm³/mol. The average Bonchev–Trinajstić information content (AvgIpc) is 2.91. The highest BCUT2D eigenvalue weighted by molar-refractivity contribution is 6.14. The number of pyridine rings is 1. The SMILES string of the molecule is CC(=O)CC(C)C(=O)Nc1cc(CO)cc(Nc2c3ccccc3nc3ccccc23)c1C(=O)C(C)CC(C)=O. The summed E-state index contributed by atoms with van der Waals surface area (Å²) in [6, 6.07) is 18.5. The number of carbonyl (C=O) groups excluding carboxylic acids is 4. The fraction of sp³-hybridized carbons (Fsp3) is 0.281. The maximum absolute atomic E-state index is 13.9. The number of para-hydroxylation sites is 2. The largest absolute Gasteiger partial charge is 0.392 e. The average molecular weight is 540 g/mol. The lowest BCUT2D eigenvalue weighted by molar-refractivity contribution is -0.124. The number of anilines is 3. The van der Waals surface area contributed by atoms with Crippen molar-refractivity contribution in [2.24, 2.45) is 11.8 Å². The minimum absolute atomic E-state index is 0.0370. The van der Waals surface area contributed by atoms with E-state index in [1.807, 2.05) is 48.5 Å². The number of benzene rings is 3. The van der Waals surface area contributed by atoms with E-state index in [1.165, 1.54) is 13.8 Å². The van der Waals surface area contributed by atoms with E-state index in [4.69, 9.17) is 4.98 Å². The van der Waals surface area contributed by atoms with E-state index in [2.05, 4.69) is 10.6 Å². The molecule has 2 unspecified atom stereocenters. The molecule has 0 aliphatic heterocycles. The Morgan fingerprint density at radius 2 is 1.32 bits per heavy atom. The van der Waals surface area contributed by atoms with Crippen molar-refractivity contribution < 1.29 is 24.3 Å². The van der Waals surface area contributed by atoms with Crippen LogP contribution in [-0.2, 0) is 21.0 Å². The van der Waals surface area contributed by atoms with Gasteiger partial charge in [0.15, 0.2) is 5.78 Å². The fourth-order valence-corrected chi connectivity index (χ4v) is 4.92. The maximum Gasteiger partial charge on any atom is 0.227 e. The van der Waals surface area contributed by atoms with Gasteiger partial charge in [0, 0.05) is 35.4 Å². The lowest BCUT2D eigenvalue weighted by Gasteiger charge is -2.22. The number of ketones is 3. The summed E-state index contributed by atoms with van der Waals surface area (Å²) in [5.41, 5.74) is 3.47. The van der Waals surface area contributed by atoms with E-state index in [9.17, 15) is 24.3 Å². The van der Waals surface area contributed by atoms with Gasteiger partial charge in [0.05, 0.1) is 40.3 Å². The van der Waals surface area contributed by atoms with Crippen molar-refractivity contribution in [1.82, 2.24) is 4.98 Å². The first-order chi connectivity index (χ1) is 19.1. The van der Waals surface area contributed by atoms with Crippen molar-refractivity contribution in [3.05, 3.63) is 71.8 Å². The fourth-order valence-electron chi connectivity index (χ4n) is 4.92. The Hall–Kier alpha value is -4.43. The molecular formula is C32H33N3O5. The van der Waals surface area contributed by atoms with Crippen LogP contribution in [0.2, 0.25) is 0 Å². The van der Waals surface area contributed by atoms with Crippen LogP contribution in [0.3, 0.4) is 0 Å². The number of hydrogen-bond acceptors (Lipinski definition) is 7. The number of aliphatic hydroxyl groups is 1. The number of aromatic nitrogens is 1. The third kappa shape index (κ3) is 6.24. The number of rotatable bonds is 11. The number of fused-ring (bicyclic) bond motifs is 2. The second kappa shape index (κ2) is 12.2. The first-order valence-electron chi connectivity index (χ1n) is 13.2. The van der Waals surface area contributed by atoms with Crippen LogP contribution in [0, 0.1) is 11.8 Å². The smallest absolute Gasteiger partial charge is 0.227 e. The molecule has 0 radical (unpaired) electrons. The summed E-state index contributed by atoms with van der Waals surface area (Å²) in [5.74, 6) is -2.30. The van der Waals surface area contributed by atoms with Gasteiger partial charge in [-0.3, -0.25) is 9.59 Å². The van der Waals surface area contributed by atoms with Gasteiger partial charge in [0.1, 0.15) is 11.6 Å². The Morgan fingerprint density at radius 1 is 0.800 bits per heavy atom. The monoisotopic (exact) mass is 539 g/mol. The summed E-state index contributed by atoms with van der Waals surface area (Å²) in [5, 5.41) is 18.0. The minimum Gasteiger partial charge on any atom is -0.392 e. The third-order valence-electron chi connectivity index (χ3n) is 6.81. The van der Waals surface area contributed by atoms with Crippen LogP contribution < -0.4 is 10.6 Å². The van der Waals surface area contributed by atoms with E-state index >= 15 is 0 Å². The van der Waals surface area contributed by atoms with Gasteiger partial charge in [-0.05, 0) is 43.7 Å². The Bertz CT molecular complexity index is 1570. The van der Waals surface area contributed by atoms with Crippen LogP contribution >= 0.6 is 0 Å². The van der Waals surface area contributed by atoms with Crippen LogP contribution in [0.5, 0.6) is 0 Å². The zero-order valence-electron chi connectivity index (χ0n) is 23.1. The summed E-state index contributed by atoms with van der Waals surface area (Å²) >= 11 is 0. The van der Waals surface area contributed by atoms with Gasteiger partial charge in [0.25, 0.3) is 0 Å². The van der Waals surface area contributed by atoms with Crippen LogP contribution in [0.15, 0.2) is 60.7 Å². The molecule has 2 atom stereocenters. The van der Waals surface area contributed by atoms with Crippen molar-refractivity contribution in [3.8, 4) is 0 Å². The minimum atomic E-state index is -0.658. The van der Waals surface area contributed by atoms with Crippen molar-refractivity contribution in [2.45, 2.75) is 47.1 Å². The van der Waals surface area contributed by atoms with Gasteiger partial charge in [0.2, 0.25) is 5.91 Å². The highest BCUT2D eigenvalue weighted by atomic mass is 16.3. The quantitative estimate of drug-likeness (QED) is 0.158. The van der Waals surface area contributed by atoms with Gasteiger partial charge >= 0.3 is 0 Å². The highest BCUT2D eigenvalue weighted by Gasteiger charge is 2.27. The van der Waals surface area contributed by atoms with Crippen molar-refractivity contribution >= 4 is 62.1 Å². The second-order valence-electron chi connectivity index (χ2n) is 10.3. The molecule has 0 spiro atoms. The number of amides is 1. The van der Waals surface area contributed by atoms with Crippen LogP contribution in [0.25, 0.3) is 21.8 Å². The second-order valence-corrected chi connectivity index (χ2v) is 10.3. The first kappa shape index (κ1) is 28.6. The molecular weight excluding hydrogens is 506 g/mol. The summed E-state index contributed by atoms with van der Waals surface area (Å²) in [4.78, 5) is 55.3. The van der Waals surface area contributed by atoms with E-state index in [0.717, 1.165) is 21.8 Å². The van der Waals surface area contributed by atoms with Crippen molar-refractivity contribution in [2.75, 3.05) is 10.6 Å². The number of nitrogens with one attached hydrogen (secondary N) is 2. The molecule has 0 saturated heterocycles. The van der Waals surface area contributed by atoms with Gasteiger partial charge in [-0.15, -0.1) is 0 Å². The molecule has 206 valence electrons. The van der Waals surface area contributed by atoms with Crippen LogP contribution in [-0.4, -0.2) is 33.3 Å². The molecule has 8 heteroatoms. The summed E-state index contributed by atoms with van der Waals surface area (Å²) < 4.78 is 0. The van der Waals surface area contributed by atoms with Crippen molar-refractivity contribution in [1.29, 1.82) is 0 Å². The maximum atomic E-state index is 13.9. The normalized spacial score (nSPS) is 12.6. The Balaban J connectivity index is 1.93. The van der Waals surface area contributed by atoms with Gasteiger partial charge in [-0.25, -0.2) is 4.98 Å². The Kier molecular flexibility index (Phi) is 8.70. The van der Waals surface area contributed by atoms with E-state index in [-0.39, 0.29) is 48.0 Å². The topological polar surface area (TPSA) is 125 Å². The van der Waals surface area contributed by atoms with Crippen molar-refractivity contribution in [3.63, 3.8) is 0 Å². The standard InChI is InChI=1S/C32H33N3O5/c1-18(13-20(3)37)31(39)29-27(15-22(17-36)16-28(29)35-32(40)19(2)14-21(4)38)34-30-23-9-5-7-11-25(23)33-26-12-8-6-10-24(26)30/h5-12,15-16,18-19,36H,13-14,17H2,1-4H3,(H,33,34)(H,35,40). The summed E-state index contributed by atoms with van der Waals surface area (Å²) in [6.07, 6.45) is 0.0882. The lowest BCUT2D eigenvalue weighted by Crippen LogP contribution is -2.25. The number of Topliss-reactive ketones (excluding diaryl/α,β-unsaturated/α-hetero) is 3. The molecule has 0 bridgehead atoms. The van der Waals surface area contributed by atoms with E-state index < -0.39 is 17.7 Å². The van der Waals surface area contributed by atoms with Crippen LogP contribution in [0.4, 0.5) is 17.1 Å². The number of carbonyl (C=O) groups is 4. The molecule has 0 aliphatic rings. The number of hydrogen-bond donors (Lipinski definition) is 3. The predicted octanol–water partition coefficient (Wildman–Crippen LogP) is 5.98. The lowest BCUT2D eigenvalue weighted by atomic mass is 9.91. The molecule has 4 rings (SSSR count). The Labute approximate surface area is 232 Å². The van der Waals surface area contributed by atoms with E-state index in [1.54, 1.807) is 26.0 Å². The molecule has 3 aromatic carbocycles. The molecule has 4 aromatic rings.